The summed E-state index contributed by atoms with van der Waals surface area (Å²) in [5.74, 6) is 0.0957. The van der Waals surface area contributed by atoms with Crippen molar-refractivity contribution in [2.24, 2.45) is 7.05 Å². The van der Waals surface area contributed by atoms with Crippen molar-refractivity contribution in [3.63, 3.8) is 0 Å². The molecular formula is C17H23N5O3. The molecule has 0 spiro atoms. The number of hydrogen-bond donors (Lipinski definition) is 0. The predicted molar refractivity (Wildman–Crippen MR) is 91.1 cm³/mol. The summed E-state index contributed by atoms with van der Waals surface area (Å²) in [7, 11) is 1.75. The van der Waals surface area contributed by atoms with Crippen molar-refractivity contribution in [3.05, 3.63) is 22.9 Å². The first kappa shape index (κ1) is 16.3. The van der Waals surface area contributed by atoms with Crippen LogP contribution in [0.25, 0.3) is 11.0 Å². The van der Waals surface area contributed by atoms with Crippen molar-refractivity contribution in [1.29, 1.82) is 0 Å². The van der Waals surface area contributed by atoms with E-state index in [0.29, 0.717) is 37.2 Å². The van der Waals surface area contributed by atoms with Crippen LogP contribution < -0.4 is 5.56 Å². The highest BCUT2D eigenvalue weighted by Crippen LogP contribution is 2.28. The summed E-state index contributed by atoms with van der Waals surface area (Å²) >= 11 is 0. The topological polar surface area (TPSA) is 82.2 Å². The third kappa shape index (κ3) is 2.95. The molecule has 1 saturated heterocycles. The summed E-state index contributed by atoms with van der Waals surface area (Å²) in [6.07, 6.45) is 7.89. The molecule has 134 valence electrons. The Morgan fingerprint density at radius 1 is 1.36 bits per heavy atom. The fourth-order valence-electron chi connectivity index (χ4n) is 3.99. The highest BCUT2D eigenvalue weighted by Gasteiger charge is 2.36. The standard InChI is InChI=1S/C17H23N5O3/c1-20-16-12(10-19-20)17(24)21(11-18-16)7-6-15(23)22-8-9-25-14-5-3-2-4-13(14)22/h10-11,13-14H,2-9H2,1H3/t13-,14-/m0/s1. The van der Waals surface area contributed by atoms with E-state index < -0.39 is 0 Å². The average Bonchev–Trinajstić information content (AvgIpc) is 3.02. The molecule has 8 nitrogen and oxygen atoms in total. The largest absolute Gasteiger partial charge is 0.374 e. The Hall–Kier alpha value is -2.22. The summed E-state index contributed by atoms with van der Waals surface area (Å²) < 4.78 is 8.90. The number of aromatic nitrogens is 4. The summed E-state index contributed by atoms with van der Waals surface area (Å²) in [6, 6.07) is 0.200. The molecule has 0 radical (unpaired) electrons. The van der Waals surface area contributed by atoms with Crippen molar-refractivity contribution in [1.82, 2.24) is 24.2 Å². The zero-order valence-electron chi connectivity index (χ0n) is 14.4. The monoisotopic (exact) mass is 345 g/mol. The second-order valence-electron chi connectivity index (χ2n) is 6.85. The first-order valence-electron chi connectivity index (χ1n) is 8.93. The number of carbonyl (C=O) groups excluding carboxylic acids is 1. The summed E-state index contributed by atoms with van der Waals surface area (Å²) in [4.78, 5) is 31.4. The van der Waals surface area contributed by atoms with Gasteiger partial charge in [0.1, 0.15) is 5.39 Å². The maximum atomic E-state index is 12.7. The zero-order chi connectivity index (χ0) is 17.4. The summed E-state index contributed by atoms with van der Waals surface area (Å²) in [5.41, 5.74) is 0.411. The van der Waals surface area contributed by atoms with Crippen LogP contribution >= 0.6 is 0 Å². The van der Waals surface area contributed by atoms with Crippen LogP contribution in [0.5, 0.6) is 0 Å². The van der Waals surface area contributed by atoms with E-state index in [0.717, 1.165) is 19.3 Å². The number of fused-ring (bicyclic) bond motifs is 2. The van der Waals surface area contributed by atoms with Crippen LogP contribution in [0, 0.1) is 0 Å². The molecule has 8 heteroatoms. The number of amides is 1. The lowest BCUT2D eigenvalue weighted by molar-refractivity contribution is -0.149. The molecule has 3 heterocycles. The summed E-state index contributed by atoms with van der Waals surface area (Å²) in [5, 5.41) is 4.55. The molecule has 25 heavy (non-hydrogen) atoms. The van der Waals surface area contributed by atoms with Gasteiger partial charge in [-0.05, 0) is 12.8 Å². The van der Waals surface area contributed by atoms with Gasteiger partial charge in [0.05, 0.1) is 31.3 Å². The van der Waals surface area contributed by atoms with Crippen LogP contribution in [0.15, 0.2) is 17.3 Å². The maximum absolute atomic E-state index is 12.7. The van der Waals surface area contributed by atoms with Gasteiger partial charge in [0.2, 0.25) is 5.91 Å². The maximum Gasteiger partial charge on any atom is 0.264 e. The number of nitrogens with zero attached hydrogens (tertiary/aromatic N) is 5. The Labute approximate surface area is 145 Å². The minimum Gasteiger partial charge on any atom is -0.374 e. The van der Waals surface area contributed by atoms with Gasteiger partial charge < -0.3 is 9.64 Å². The van der Waals surface area contributed by atoms with E-state index in [4.69, 9.17) is 4.74 Å². The van der Waals surface area contributed by atoms with Crippen molar-refractivity contribution in [2.75, 3.05) is 13.2 Å². The van der Waals surface area contributed by atoms with E-state index in [1.54, 1.807) is 11.7 Å². The SMILES string of the molecule is Cn1ncc2c(=O)n(CCC(=O)N3CCO[C@H]4CCCC[C@@H]43)cnc21. The number of rotatable bonds is 3. The predicted octanol–water partition coefficient (Wildman–Crippen LogP) is 0.690. The fraction of sp³-hybridized carbons (Fsp3) is 0.647. The van der Waals surface area contributed by atoms with Crippen molar-refractivity contribution < 1.29 is 9.53 Å². The van der Waals surface area contributed by atoms with E-state index >= 15 is 0 Å². The fourth-order valence-corrected chi connectivity index (χ4v) is 3.99. The lowest BCUT2D eigenvalue weighted by atomic mass is 9.90. The second kappa shape index (κ2) is 6.59. The lowest BCUT2D eigenvalue weighted by Crippen LogP contribution is -2.55. The third-order valence-corrected chi connectivity index (χ3v) is 5.34. The Bertz CT molecular complexity index is 840. The Balaban J connectivity index is 1.46. The average molecular weight is 345 g/mol. The van der Waals surface area contributed by atoms with Gasteiger partial charge in [-0.15, -0.1) is 0 Å². The van der Waals surface area contributed by atoms with Gasteiger partial charge >= 0.3 is 0 Å². The Morgan fingerprint density at radius 2 is 2.20 bits per heavy atom. The molecule has 2 aliphatic rings. The minimum absolute atomic E-state index is 0.0957. The van der Waals surface area contributed by atoms with Gasteiger partial charge in [-0.25, -0.2) is 4.98 Å². The van der Waals surface area contributed by atoms with E-state index in [9.17, 15) is 9.59 Å². The highest BCUT2D eigenvalue weighted by atomic mass is 16.5. The molecule has 0 bridgehead atoms. The first-order chi connectivity index (χ1) is 12.1. The van der Waals surface area contributed by atoms with E-state index in [2.05, 4.69) is 10.1 Å². The molecule has 0 aromatic carbocycles. The van der Waals surface area contributed by atoms with Crippen molar-refractivity contribution in [2.45, 2.75) is 50.8 Å². The van der Waals surface area contributed by atoms with Crippen LogP contribution in [0.2, 0.25) is 0 Å². The van der Waals surface area contributed by atoms with Gasteiger partial charge in [-0.1, -0.05) is 12.8 Å². The molecule has 4 rings (SSSR count). The van der Waals surface area contributed by atoms with Crippen LogP contribution in [-0.2, 0) is 23.1 Å². The molecule has 1 aliphatic heterocycles. The zero-order valence-corrected chi connectivity index (χ0v) is 14.4. The molecule has 1 saturated carbocycles. The van der Waals surface area contributed by atoms with Gasteiger partial charge in [-0.3, -0.25) is 18.8 Å². The van der Waals surface area contributed by atoms with Crippen LogP contribution in [0.1, 0.15) is 32.1 Å². The number of carbonyl (C=O) groups is 1. The third-order valence-electron chi connectivity index (χ3n) is 5.34. The van der Waals surface area contributed by atoms with Crippen LogP contribution in [0.3, 0.4) is 0 Å². The smallest absolute Gasteiger partial charge is 0.264 e. The van der Waals surface area contributed by atoms with Gasteiger partial charge in [0, 0.05) is 26.6 Å². The number of aryl methyl sites for hydroxylation is 2. The molecule has 2 atom stereocenters. The summed E-state index contributed by atoms with van der Waals surface area (Å²) in [6.45, 7) is 1.59. The van der Waals surface area contributed by atoms with E-state index in [1.165, 1.54) is 23.5 Å². The molecule has 0 N–H and O–H groups in total. The Kier molecular flexibility index (Phi) is 4.29. The molecule has 1 amide bonds. The molecule has 2 fully saturated rings. The quantitative estimate of drug-likeness (QED) is 0.817. The van der Waals surface area contributed by atoms with E-state index in [-0.39, 0.29) is 23.6 Å². The van der Waals surface area contributed by atoms with Gasteiger partial charge in [-0.2, -0.15) is 5.10 Å². The van der Waals surface area contributed by atoms with E-state index in [1.807, 2.05) is 4.90 Å². The lowest BCUT2D eigenvalue weighted by Gasteiger charge is -2.43. The first-order valence-corrected chi connectivity index (χ1v) is 8.93. The second-order valence-corrected chi connectivity index (χ2v) is 6.85. The van der Waals surface area contributed by atoms with Gasteiger partial charge in [0.15, 0.2) is 5.65 Å². The molecule has 1 aliphatic carbocycles. The molecular weight excluding hydrogens is 322 g/mol. The highest BCUT2D eigenvalue weighted by molar-refractivity contribution is 5.77. The number of hydrogen-bond acceptors (Lipinski definition) is 5. The minimum atomic E-state index is -0.150. The molecule has 2 aromatic rings. The molecule has 2 aromatic heterocycles. The number of morpholine rings is 1. The van der Waals surface area contributed by atoms with Crippen LogP contribution in [0.4, 0.5) is 0 Å². The molecule has 0 unspecified atom stereocenters. The number of ether oxygens (including phenoxy) is 1. The van der Waals surface area contributed by atoms with Crippen molar-refractivity contribution >= 4 is 16.9 Å². The Morgan fingerprint density at radius 3 is 3.08 bits per heavy atom. The normalized spacial score (nSPS) is 23.6. The van der Waals surface area contributed by atoms with Crippen LogP contribution in [-0.4, -0.2) is 55.4 Å². The van der Waals surface area contributed by atoms with Crippen molar-refractivity contribution in [3.8, 4) is 0 Å². The van der Waals surface area contributed by atoms with Gasteiger partial charge in [0.25, 0.3) is 5.56 Å².